The Labute approximate surface area is 155 Å². The van der Waals surface area contributed by atoms with E-state index in [1.54, 1.807) is 24.3 Å². The van der Waals surface area contributed by atoms with E-state index in [-0.39, 0.29) is 29.3 Å². The minimum atomic E-state index is -3.57. The molecule has 2 N–H and O–H groups in total. The number of methoxy groups -OCH3 is 1. The van der Waals surface area contributed by atoms with Crippen LogP contribution in [0.5, 0.6) is 0 Å². The van der Waals surface area contributed by atoms with Gasteiger partial charge in [0.25, 0.3) is 0 Å². The fourth-order valence-electron chi connectivity index (χ4n) is 3.30. The minimum absolute atomic E-state index is 0. The molecule has 1 saturated heterocycles. The van der Waals surface area contributed by atoms with Crippen molar-refractivity contribution in [2.75, 3.05) is 20.2 Å². The molecular formula is C17H25ClN2O4S. The zero-order valence-electron chi connectivity index (χ0n) is 14.4. The first-order valence-electron chi connectivity index (χ1n) is 8.31. The Hall–Kier alpha value is -1.15. The highest BCUT2D eigenvalue weighted by Gasteiger charge is 2.52. The second-order valence-electron chi connectivity index (χ2n) is 6.80. The predicted molar refractivity (Wildman–Crippen MR) is 97.4 cm³/mol. The van der Waals surface area contributed by atoms with Crippen LogP contribution in [0.1, 0.15) is 31.7 Å². The zero-order chi connectivity index (χ0) is 17.4. The Bertz CT molecular complexity index is 717. The molecule has 1 aliphatic heterocycles. The van der Waals surface area contributed by atoms with Gasteiger partial charge in [0.1, 0.15) is 0 Å². The molecule has 1 heterocycles. The van der Waals surface area contributed by atoms with Crippen molar-refractivity contribution in [3.05, 3.63) is 29.8 Å². The van der Waals surface area contributed by atoms with Gasteiger partial charge in [0.2, 0.25) is 10.0 Å². The fourth-order valence-corrected chi connectivity index (χ4v) is 4.64. The standard InChI is InChI=1S/C17H24N2O4S.ClH/c1-12-7-10-18-11-15(12)19-24(21,22)14-5-3-13(4-6-14)17(8-9-17)16(20)23-2;/h3-6,12,15,18-19H,7-11H2,1-2H3;1H. The Balaban J connectivity index is 0.00000225. The van der Waals surface area contributed by atoms with Crippen molar-refractivity contribution in [2.45, 2.75) is 42.5 Å². The van der Waals surface area contributed by atoms with Crippen LogP contribution in [0.15, 0.2) is 29.2 Å². The number of rotatable bonds is 5. The highest BCUT2D eigenvalue weighted by atomic mass is 35.5. The lowest BCUT2D eigenvalue weighted by Gasteiger charge is -2.30. The van der Waals surface area contributed by atoms with E-state index in [4.69, 9.17) is 4.74 Å². The van der Waals surface area contributed by atoms with E-state index in [9.17, 15) is 13.2 Å². The third-order valence-electron chi connectivity index (χ3n) is 5.18. The molecule has 0 aromatic heterocycles. The van der Waals surface area contributed by atoms with E-state index in [1.165, 1.54) is 7.11 Å². The predicted octanol–water partition coefficient (Wildman–Crippen LogP) is 1.59. The number of halogens is 1. The molecule has 1 saturated carbocycles. The third-order valence-corrected chi connectivity index (χ3v) is 6.68. The van der Waals surface area contributed by atoms with Gasteiger partial charge >= 0.3 is 5.97 Å². The second kappa shape index (κ2) is 7.61. The van der Waals surface area contributed by atoms with Gasteiger partial charge in [-0.15, -0.1) is 12.4 Å². The van der Waals surface area contributed by atoms with Crippen molar-refractivity contribution in [2.24, 2.45) is 5.92 Å². The number of ether oxygens (including phenoxy) is 1. The van der Waals surface area contributed by atoms with Crippen LogP contribution >= 0.6 is 12.4 Å². The van der Waals surface area contributed by atoms with Gasteiger partial charge in [-0.1, -0.05) is 19.1 Å². The fraction of sp³-hybridized carbons (Fsp3) is 0.588. The minimum Gasteiger partial charge on any atom is -0.468 e. The van der Waals surface area contributed by atoms with Gasteiger partial charge in [0.15, 0.2) is 0 Å². The molecule has 25 heavy (non-hydrogen) atoms. The second-order valence-corrected chi connectivity index (χ2v) is 8.51. The highest BCUT2D eigenvalue weighted by molar-refractivity contribution is 7.89. The molecule has 2 atom stereocenters. The molecule has 0 bridgehead atoms. The third kappa shape index (κ3) is 4.00. The average Bonchev–Trinajstić information content (AvgIpc) is 3.38. The van der Waals surface area contributed by atoms with Crippen molar-refractivity contribution in [3.63, 3.8) is 0 Å². The van der Waals surface area contributed by atoms with Gasteiger partial charge in [-0.25, -0.2) is 13.1 Å². The summed E-state index contributed by atoms with van der Waals surface area (Å²) in [6.45, 7) is 3.62. The summed E-state index contributed by atoms with van der Waals surface area (Å²) < 4.78 is 32.8. The summed E-state index contributed by atoms with van der Waals surface area (Å²) >= 11 is 0. The monoisotopic (exact) mass is 388 g/mol. The maximum Gasteiger partial charge on any atom is 0.316 e. The first-order chi connectivity index (χ1) is 11.4. The van der Waals surface area contributed by atoms with Gasteiger partial charge in [-0.05, 0) is 49.4 Å². The number of nitrogens with one attached hydrogen (secondary N) is 2. The van der Waals surface area contributed by atoms with Gasteiger partial charge < -0.3 is 10.1 Å². The summed E-state index contributed by atoms with van der Waals surface area (Å²) in [5.74, 6) is 0.0488. The summed E-state index contributed by atoms with van der Waals surface area (Å²) in [6, 6.07) is 6.49. The van der Waals surface area contributed by atoms with Gasteiger partial charge in [-0.3, -0.25) is 4.79 Å². The molecule has 140 valence electrons. The SMILES string of the molecule is COC(=O)C1(c2ccc(S(=O)(=O)NC3CNCCC3C)cc2)CC1.Cl. The van der Waals surface area contributed by atoms with Crippen molar-refractivity contribution >= 4 is 28.4 Å². The molecule has 8 heteroatoms. The molecule has 0 spiro atoms. The number of benzene rings is 1. The van der Waals surface area contributed by atoms with E-state index < -0.39 is 15.4 Å². The van der Waals surface area contributed by atoms with Gasteiger partial charge in [0, 0.05) is 12.6 Å². The largest absolute Gasteiger partial charge is 0.468 e. The van der Waals surface area contributed by atoms with Crippen LogP contribution in [0.4, 0.5) is 0 Å². The van der Waals surface area contributed by atoms with Crippen LogP contribution in [0.2, 0.25) is 0 Å². The number of piperidine rings is 1. The number of carbonyl (C=O) groups is 1. The molecule has 0 radical (unpaired) electrons. The molecule has 2 fully saturated rings. The van der Waals surface area contributed by atoms with E-state index >= 15 is 0 Å². The smallest absolute Gasteiger partial charge is 0.316 e. The van der Waals surface area contributed by atoms with E-state index in [1.807, 2.05) is 0 Å². The maximum atomic E-state index is 12.6. The summed E-state index contributed by atoms with van der Waals surface area (Å²) in [5.41, 5.74) is 0.243. The molecule has 2 aliphatic rings. The van der Waals surface area contributed by atoms with Crippen LogP contribution in [-0.2, 0) is 25.0 Å². The van der Waals surface area contributed by atoms with Crippen molar-refractivity contribution in [1.82, 2.24) is 10.0 Å². The van der Waals surface area contributed by atoms with Gasteiger partial charge in [-0.2, -0.15) is 0 Å². The number of hydrogen-bond acceptors (Lipinski definition) is 5. The number of sulfonamides is 1. The lowest BCUT2D eigenvalue weighted by atomic mass is 9.96. The normalized spacial score (nSPS) is 24.9. The lowest BCUT2D eigenvalue weighted by molar-refractivity contribution is -0.143. The number of carbonyl (C=O) groups excluding carboxylic acids is 1. The van der Waals surface area contributed by atoms with E-state index in [0.717, 1.165) is 31.4 Å². The van der Waals surface area contributed by atoms with Crippen LogP contribution in [-0.4, -0.2) is 40.6 Å². The Kier molecular flexibility index (Phi) is 6.14. The number of hydrogen-bond donors (Lipinski definition) is 2. The van der Waals surface area contributed by atoms with Crippen LogP contribution in [0.3, 0.4) is 0 Å². The van der Waals surface area contributed by atoms with E-state index in [0.29, 0.717) is 12.5 Å². The Morgan fingerprint density at radius 3 is 2.44 bits per heavy atom. The first kappa shape index (κ1) is 20.2. The summed E-state index contributed by atoms with van der Waals surface area (Å²) in [5, 5.41) is 3.22. The molecule has 1 aromatic rings. The quantitative estimate of drug-likeness (QED) is 0.748. The maximum absolute atomic E-state index is 12.6. The highest BCUT2D eigenvalue weighted by Crippen LogP contribution is 2.49. The van der Waals surface area contributed by atoms with Crippen LogP contribution in [0.25, 0.3) is 0 Å². The number of esters is 1. The molecular weight excluding hydrogens is 364 g/mol. The van der Waals surface area contributed by atoms with E-state index in [2.05, 4.69) is 17.0 Å². The molecule has 6 nitrogen and oxygen atoms in total. The van der Waals surface area contributed by atoms with Crippen LogP contribution < -0.4 is 10.0 Å². The summed E-state index contributed by atoms with van der Waals surface area (Å²) in [7, 11) is -2.19. The molecule has 1 aromatic carbocycles. The molecule has 1 aliphatic carbocycles. The van der Waals surface area contributed by atoms with Gasteiger partial charge in [0.05, 0.1) is 17.4 Å². The molecule has 3 rings (SSSR count). The summed E-state index contributed by atoms with van der Waals surface area (Å²) in [6.07, 6.45) is 2.44. The zero-order valence-corrected chi connectivity index (χ0v) is 16.1. The molecule has 2 unspecified atom stereocenters. The van der Waals surface area contributed by atoms with Crippen LogP contribution in [0, 0.1) is 5.92 Å². The molecule has 0 amide bonds. The topological polar surface area (TPSA) is 84.5 Å². The average molecular weight is 389 g/mol. The Morgan fingerprint density at radius 2 is 1.92 bits per heavy atom. The lowest BCUT2D eigenvalue weighted by Crippen LogP contribution is -2.50. The first-order valence-corrected chi connectivity index (χ1v) is 9.79. The van der Waals surface area contributed by atoms with Crippen molar-refractivity contribution in [1.29, 1.82) is 0 Å². The van der Waals surface area contributed by atoms with Crippen molar-refractivity contribution in [3.8, 4) is 0 Å². The Morgan fingerprint density at radius 1 is 1.28 bits per heavy atom. The summed E-state index contributed by atoms with van der Waals surface area (Å²) in [4.78, 5) is 12.1. The van der Waals surface area contributed by atoms with Crippen molar-refractivity contribution < 1.29 is 17.9 Å².